The Morgan fingerprint density at radius 1 is 0.361 bits per heavy atom. The van der Waals surface area contributed by atoms with E-state index in [1.165, 1.54) is 243 Å². The van der Waals surface area contributed by atoms with Gasteiger partial charge in [0.1, 0.15) is 0 Å². The monoisotopic (exact) mass is 2010 g/mol. The van der Waals surface area contributed by atoms with E-state index < -0.39 is 0 Å². The van der Waals surface area contributed by atoms with Crippen LogP contribution >= 0.6 is 11.8 Å². The highest BCUT2D eigenvalue weighted by Gasteiger charge is 2.31. The number of piperidine rings is 1. The van der Waals surface area contributed by atoms with E-state index >= 15 is 0 Å². The zero-order chi connectivity index (χ0) is 110. The zero-order valence-electron chi connectivity index (χ0n) is 104. The number of hydrogen-bond acceptors (Lipinski definition) is 12. The maximum atomic E-state index is 5.25. The number of ether oxygens (including phenoxy) is 1. The van der Waals surface area contributed by atoms with E-state index in [4.69, 9.17) is 4.74 Å². The van der Waals surface area contributed by atoms with Crippen LogP contribution in [0.25, 0.3) is 17.0 Å². The minimum absolute atomic E-state index is 0.230. The third kappa shape index (κ3) is 61.1. The van der Waals surface area contributed by atoms with Gasteiger partial charge in [-0.1, -0.05) is 310 Å². The fraction of sp³-hybridized carbons (Fsp3) is 0.756. The van der Waals surface area contributed by atoms with E-state index in [-0.39, 0.29) is 21.7 Å². The molecule has 3 aliphatic carbocycles. The lowest BCUT2D eigenvalue weighted by atomic mass is 9.72. The van der Waals surface area contributed by atoms with Gasteiger partial charge >= 0.3 is 0 Å². The predicted molar refractivity (Wildman–Crippen MR) is 647 cm³/mol. The molecule has 1 N–H and O–H groups in total. The quantitative estimate of drug-likeness (QED) is 0.170. The first-order valence-electron chi connectivity index (χ1n) is 57.3. The lowest BCUT2D eigenvalue weighted by Crippen LogP contribution is -2.52. The third-order valence-corrected chi connectivity index (χ3v) is 29.5. The number of likely N-dealkylation sites (N-methyl/N-ethyl adjacent to an activating group) is 1. The Bertz CT molecular complexity index is 4080. The third-order valence-electron chi connectivity index (χ3n) is 28.6. The van der Waals surface area contributed by atoms with E-state index in [0.29, 0.717) is 54.9 Å². The molecule has 6 aromatic rings. The van der Waals surface area contributed by atoms with Crippen molar-refractivity contribution in [2.45, 2.75) is 474 Å². The van der Waals surface area contributed by atoms with Crippen LogP contribution in [0.15, 0.2) is 128 Å². The van der Waals surface area contributed by atoms with Crippen molar-refractivity contribution in [2.75, 3.05) is 136 Å². The van der Waals surface area contributed by atoms with Crippen LogP contribution in [0.3, 0.4) is 0 Å². The Labute approximate surface area is 899 Å². The molecule has 828 valence electrons. The summed E-state index contributed by atoms with van der Waals surface area (Å²) >= 11 is 2.07. The molecule has 6 saturated heterocycles. The number of allylic oxidation sites excluding steroid dienone is 1. The van der Waals surface area contributed by atoms with Crippen LogP contribution in [0.1, 0.15) is 445 Å². The van der Waals surface area contributed by atoms with Gasteiger partial charge < -0.3 is 19.5 Å². The number of aromatic nitrogens is 3. The normalized spacial score (nSPS) is 18.4. The Morgan fingerprint density at radius 2 is 0.750 bits per heavy atom. The number of benzene rings is 3. The van der Waals surface area contributed by atoms with Gasteiger partial charge in [-0.3, -0.25) is 39.4 Å². The van der Waals surface area contributed by atoms with Crippen LogP contribution in [0.5, 0.6) is 0 Å². The number of morpholine rings is 1. The summed E-state index contributed by atoms with van der Waals surface area (Å²) in [7, 11) is 4.29. The SMILES string of the molecule is CC(C)(C)C.CC(C)(C)C1CCCCC1.CC(C)(C)CC1CCCCC1.CC(C)(C)N1CCCC1.CC(C)(C)N1CCCCC1.CC(C)(C)N1CCNCC1.CC(C)(C)N1CCOCC1.CC(C)(C)N1CCSCC1.CC(C)(C)c1ccc2c(c1)CC=C2.CC(C)(C)c1ccccc1.CC(C)(C)c1cccnc1.CN1CCN(C(C)(C)C)CC1.Cc1cc(C(C)(C)C)ccn1.Cn1ccc2ccc(C(C)(C)C)cc21. The minimum atomic E-state index is 0.230. The summed E-state index contributed by atoms with van der Waals surface area (Å²) in [4.78, 5) is 25.8. The number of nitrogens with zero attached hydrogens (tertiary/aromatic N) is 10. The van der Waals surface area contributed by atoms with Crippen molar-refractivity contribution in [3.8, 4) is 0 Å². The summed E-state index contributed by atoms with van der Waals surface area (Å²) in [6, 6.07) is 34.5. The molecule has 3 aromatic heterocycles. The highest BCUT2D eigenvalue weighted by molar-refractivity contribution is 7.99. The lowest BCUT2D eigenvalue weighted by Gasteiger charge is -2.41. The number of piperazine rings is 2. The summed E-state index contributed by atoms with van der Waals surface area (Å²) in [6.07, 6.45) is 36.6. The van der Waals surface area contributed by atoms with Gasteiger partial charge in [0.2, 0.25) is 0 Å². The number of pyridine rings is 2. The second kappa shape index (κ2) is 63.0. The molecule has 0 radical (unpaired) electrons. The fourth-order valence-corrected chi connectivity index (χ4v) is 19.6. The van der Waals surface area contributed by atoms with Crippen LogP contribution in [0.4, 0.5) is 0 Å². The molecule has 13 heteroatoms. The number of aryl methyl sites for hydroxylation is 2. The number of hydrogen-bond donors (Lipinski definition) is 1. The standard InChI is InChI=1S/C13H17N.C13H16.C11H22.C10H15N.C10H20.C10H14.C9H20N2.C9H13N.C9H19N.C8H18N2.C8H17NO.C8H17NS.C8H17N.C5H12/c1-13(2,3)11-6-5-10-7-8-14(4)12(10)9-11;1-13(2,3)12-8-7-10-5-4-6-11(10)9-12;1-11(2,3)9-10-7-5-4-6-8-10;1-8-7-9(5-6-11-8)10(2,3)4;2*1-10(2,3)9-7-5-4-6-8-9;1-9(2,3)11-7-5-10(4)6-8-11;1-9(2,3)8-5-4-6-10-7-8;1-9(2,3)10-7-5-4-6-8-10;1-8(2,3)10-6-4-9-5-7-10;2*1-8(2,3)9-4-6-10-7-5-9;1-8(2,3)9-6-4-5-7-9;1-5(2,3)4/h5-9H,1-4H3;4-5,7-9H,6H2,1-3H3;10H,4-9H2,1-3H3;5-7H,1-4H3;9H,4-8H2,1-3H3;4-8H,1-3H3;5-8H2,1-4H3;4-7H,1-3H3;4-8H2,1-3H3;9H,4-7H2,1-3H3;2*4-7H2,1-3H3;4-7H2,1-3H3;1-4H3. The second-order valence-electron chi connectivity index (χ2n) is 57.7. The Balaban J connectivity index is 0.000000526. The Kier molecular flexibility index (Phi) is 59.2. The topological polar surface area (TPSA) is 74.7 Å². The first kappa shape index (κ1) is 135. The summed E-state index contributed by atoms with van der Waals surface area (Å²) < 4.78 is 7.42. The summed E-state index contributed by atoms with van der Waals surface area (Å²) in [5.41, 5.74) is 17.3. The average Bonchev–Trinajstić information content (AvgIpc) is 1.63. The molecule has 0 atom stereocenters. The van der Waals surface area contributed by atoms with Crippen LogP contribution in [0, 0.1) is 35.0 Å². The molecule has 9 heterocycles. The molecular formula is C131H237N11OS. The van der Waals surface area contributed by atoms with Gasteiger partial charge in [-0.25, -0.2) is 0 Å². The molecule has 3 aromatic carbocycles. The van der Waals surface area contributed by atoms with Gasteiger partial charge in [-0.2, -0.15) is 11.8 Å². The van der Waals surface area contributed by atoms with Gasteiger partial charge in [0, 0.05) is 166 Å². The molecule has 12 nitrogen and oxygen atoms in total. The van der Waals surface area contributed by atoms with Crippen molar-refractivity contribution in [1.82, 2.24) is 54.2 Å². The van der Waals surface area contributed by atoms with Crippen molar-refractivity contribution in [1.29, 1.82) is 0 Å². The maximum Gasteiger partial charge on any atom is 0.0594 e. The minimum Gasteiger partial charge on any atom is -0.379 e. The number of fused-ring (bicyclic) bond motifs is 2. The number of likely N-dealkylation sites (tertiary alicyclic amines) is 2. The molecule has 6 aliphatic heterocycles. The van der Waals surface area contributed by atoms with E-state index in [9.17, 15) is 0 Å². The van der Waals surface area contributed by atoms with Crippen molar-refractivity contribution in [3.05, 3.63) is 173 Å². The van der Waals surface area contributed by atoms with Crippen molar-refractivity contribution in [3.63, 3.8) is 0 Å². The molecule has 0 bridgehead atoms. The number of nitrogens with one attached hydrogen (secondary N) is 1. The van der Waals surface area contributed by atoms with E-state index in [1.807, 2.05) is 25.4 Å². The summed E-state index contributed by atoms with van der Waals surface area (Å²) in [6.45, 7) is 121. The molecule has 0 spiro atoms. The van der Waals surface area contributed by atoms with E-state index in [1.54, 1.807) is 6.20 Å². The first-order valence-corrected chi connectivity index (χ1v) is 58.4. The molecule has 2 saturated carbocycles. The molecule has 0 amide bonds. The lowest BCUT2D eigenvalue weighted by molar-refractivity contribution is -0.00389. The van der Waals surface area contributed by atoms with Crippen LogP contribution < -0.4 is 5.32 Å². The summed E-state index contributed by atoms with van der Waals surface area (Å²) in [5, 5.41) is 4.67. The highest BCUT2D eigenvalue weighted by atomic mass is 32.2. The molecular weight excluding hydrogens is 1780 g/mol. The number of rotatable bonds is 1. The molecule has 8 fully saturated rings. The Hall–Kier alpha value is -4.77. The number of thioether (sulfide) groups is 1. The van der Waals surface area contributed by atoms with Gasteiger partial charge in [0.25, 0.3) is 0 Å². The predicted octanol–water partition coefficient (Wildman–Crippen LogP) is 33.6. The molecule has 9 aliphatic rings. The fourth-order valence-electron chi connectivity index (χ4n) is 18.7. The van der Waals surface area contributed by atoms with Gasteiger partial charge in [0.05, 0.1) is 13.2 Å². The molecule has 144 heavy (non-hydrogen) atoms. The summed E-state index contributed by atoms with van der Waals surface area (Å²) in [5.74, 6) is 4.68. The zero-order valence-corrected chi connectivity index (χ0v) is 105. The molecule has 0 unspecified atom stereocenters. The van der Waals surface area contributed by atoms with Crippen molar-refractivity contribution in [2.24, 2.45) is 35.1 Å². The van der Waals surface area contributed by atoms with Gasteiger partial charge in [-0.05, 0) is 346 Å². The van der Waals surface area contributed by atoms with Crippen molar-refractivity contribution >= 4 is 28.7 Å². The van der Waals surface area contributed by atoms with Crippen LogP contribution in [-0.2, 0) is 45.3 Å². The van der Waals surface area contributed by atoms with Crippen LogP contribution in [0.2, 0.25) is 0 Å². The van der Waals surface area contributed by atoms with Gasteiger partial charge in [0.15, 0.2) is 0 Å². The van der Waals surface area contributed by atoms with E-state index in [0.717, 1.165) is 63.3 Å². The van der Waals surface area contributed by atoms with Crippen LogP contribution in [-0.4, -0.2) is 219 Å². The average molecular weight is 2010 g/mol. The second-order valence-corrected chi connectivity index (χ2v) is 59.0. The van der Waals surface area contributed by atoms with Gasteiger partial charge in [-0.15, -0.1) is 0 Å². The smallest absolute Gasteiger partial charge is 0.0594 e. The maximum absolute atomic E-state index is 5.25. The Morgan fingerprint density at radius 3 is 1.11 bits per heavy atom. The largest absolute Gasteiger partial charge is 0.379 e. The van der Waals surface area contributed by atoms with Crippen molar-refractivity contribution < 1.29 is 4.74 Å². The molecule has 15 rings (SSSR count). The highest BCUT2D eigenvalue weighted by Crippen LogP contribution is 2.39. The van der Waals surface area contributed by atoms with E-state index in [2.05, 4.69) is 487 Å². The first-order chi connectivity index (χ1) is 66.0.